The fourth-order valence-corrected chi connectivity index (χ4v) is 2.11. The van der Waals surface area contributed by atoms with Gasteiger partial charge in [-0.3, -0.25) is 4.79 Å². The Morgan fingerprint density at radius 2 is 2.13 bits per heavy atom. The summed E-state index contributed by atoms with van der Waals surface area (Å²) in [4.78, 5) is 11.8. The molecule has 0 fully saturated rings. The highest BCUT2D eigenvalue weighted by Gasteiger charge is 2.09. The zero-order chi connectivity index (χ0) is 11.4. The number of hydrogen-bond acceptors (Lipinski definition) is 1. The van der Waals surface area contributed by atoms with Gasteiger partial charge in [0, 0.05) is 10.1 Å². The Labute approximate surface area is 105 Å². The van der Waals surface area contributed by atoms with Crippen molar-refractivity contribution >= 4 is 28.5 Å². The summed E-state index contributed by atoms with van der Waals surface area (Å²) in [5.74, 6) is 0.505. The third kappa shape index (κ3) is 3.81. The van der Waals surface area contributed by atoms with Crippen molar-refractivity contribution < 1.29 is 4.79 Å². The van der Waals surface area contributed by atoms with Gasteiger partial charge in [-0.2, -0.15) is 0 Å². The van der Waals surface area contributed by atoms with E-state index in [2.05, 4.69) is 41.8 Å². The van der Waals surface area contributed by atoms with Crippen LogP contribution in [0.25, 0.3) is 0 Å². The zero-order valence-electron chi connectivity index (χ0n) is 9.30. The van der Waals surface area contributed by atoms with Crippen LogP contribution in [0.2, 0.25) is 0 Å². The number of aryl methyl sites for hydroxylation is 1. The van der Waals surface area contributed by atoms with Crippen LogP contribution in [0.15, 0.2) is 18.2 Å². The van der Waals surface area contributed by atoms with Crippen molar-refractivity contribution in [3.8, 4) is 0 Å². The zero-order valence-corrected chi connectivity index (χ0v) is 11.5. The topological polar surface area (TPSA) is 29.1 Å². The lowest BCUT2D eigenvalue weighted by molar-refractivity contribution is 0.0948. The molecule has 1 aromatic rings. The van der Waals surface area contributed by atoms with Crippen molar-refractivity contribution in [3.05, 3.63) is 32.9 Å². The first-order valence-corrected chi connectivity index (χ1v) is 6.13. The summed E-state index contributed by atoms with van der Waals surface area (Å²) in [5, 5.41) is 2.91. The summed E-state index contributed by atoms with van der Waals surface area (Å²) in [6, 6.07) is 5.87. The van der Waals surface area contributed by atoms with E-state index in [1.165, 1.54) is 5.56 Å². The van der Waals surface area contributed by atoms with Gasteiger partial charge in [0.05, 0.1) is 5.56 Å². The van der Waals surface area contributed by atoms with E-state index in [1.54, 1.807) is 0 Å². The minimum Gasteiger partial charge on any atom is -0.352 e. The highest BCUT2D eigenvalue weighted by atomic mass is 127. The van der Waals surface area contributed by atoms with Crippen LogP contribution in [0.1, 0.15) is 29.8 Å². The second-order valence-electron chi connectivity index (χ2n) is 4.09. The molecule has 0 bridgehead atoms. The smallest absolute Gasteiger partial charge is 0.252 e. The monoisotopic (exact) mass is 317 g/mol. The molecule has 0 aliphatic rings. The van der Waals surface area contributed by atoms with E-state index in [4.69, 9.17) is 0 Å². The van der Waals surface area contributed by atoms with Gasteiger partial charge in [-0.1, -0.05) is 25.5 Å². The molecule has 0 saturated carbocycles. The molecule has 1 aromatic carbocycles. The van der Waals surface area contributed by atoms with Crippen LogP contribution in [-0.2, 0) is 0 Å². The Hall–Kier alpha value is -0.580. The highest BCUT2D eigenvalue weighted by Crippen LogP contribution is 2.14. The van der Waals surface area contributed by atoms with Crippen LogP contribution < -0.4 is 5.32 Å². The third-order valence-corrected chi connectivity index (χ3v) is 2.93. The molecular weight excluding hydrogens is 301 g/mol. The summed E-state index contributed by atoms with van der Waals surface area (Å²) < 4.78 is 1.01. The quantitative estimate of drug-likeness (QED) is 0.853. The average molecular weight is 317 g/mol. The lowest BCUT2D eigenvalue weighted by Gasteiger charge is -2.09. The molecule has 0 aliphatic heterocycles. The number of nitrogens with one attached hydrogen (secondary N) is 1. The number of benzene rings is 1. The maximum absolute atomic E-state index is 11.8. The molecule has 82 valence electrons. The lowest BCUT2D eigenvalue weighted by atomic mass is 10.1. The Morgan fingerprint density at radius 3 is 2.67 bits per heavy atom. The van der Waals surface area contributed by atoms with Crippen LogP contribution in [-0.4, -0.2) is 12.5 Å². The van der Waals surface area contributed by atoms with Gasteiger partial charge in [0.2, 0.25) is 0 Å². The first kappa shape index (κ1) is 12.5. The van der Waals surface area contributed by atoms with Gasteiger partial charge in [0.25, 0.3) is 5.91 Å². The molecule has 1 amide bonds. The van der Waals surface area contributed by atoms with Gasteiger partial charge in [0.15, 0.2) is 0 Å². The van der Waals surface area contributed by atoms with E-state index in [9.17, 15) is 4.79 Å². The number of carbonyl (C=O) groups is 1. The van der Waals surface area contributed by atoms with Gasteiger partial charge in [-0.25, -0.2) is 0 Å². The van der Waals surface area contributed by atoms with Gasteiger partial charge in [0.1, 0.15) is 0 Å². The van der Waals surface area contributed by atoms with Crippen LogP contribution >= 0.6 is 22.6 Å². The van der Waals surface area contributed by atoms with E-state index in [-0.39, 0.29) is 5.91 Å². The molecule has 0 radical (unpaired) electrons. The van der Waals surface area contributed by atoms with Crippen LogP contribution in [0.4, 0.5) is 0 Å². The van der Waals surface area contributed by atoms with Gasteiger partial charge in [-0.15, -0.1) is 0 Å². The minimum absolute atomic E-state index is 0.0214. The molecule has 0 spiro atoms. The van der Waals surface area contributed by atoms with Crippen molar-refractivity contribution in [2.45, 2.75) is 20.8 Å². The summed E-state index contributed by atoms with van der Waals surface area (Å²) in [5.41, 5.74) is 1.95. The molecule has 15 heavy (non-hydrogen) atoms. The first-order chi connectivity index (χ1) is 7.00. The maximum Gasteiger partial charge on any atom is 0.252 e. The average Bonchev–Trinajstić information content (AvgIpc) is 2.14. The molecule has 0 saturated heterocycles. The molecule has 0 aromatic heterocycles. The fourth-order valence-electron chi connectivity index (χ4n) is 1.20. The van der Waals surface area contributed by atoms with Crippen molar-refractivity contribution in [2.75, 3.05) is 6.54 Å². The van der Waals surface area contributed by atoms with E-state index in [0.29, 0.717) is 5.92 Å². The highest BCUT2D eigenvalue weighted by molar-refractivity contribution is 14.1. The molecule has 2 nitrogen and oxygen atoms in total. The number of amides is 1. The van der Waals surface area contributed by atoms with E-state index in [1.807, 2.05) is 25.1 Å². The molecule has 3 heteroatoms. The Morgan fingerprint density at radius 1 is 1.47 bits per heavy atom. The maximum atomic E-state index is 11.8. The number of halogens is 1. The normalized spacial score (nSPS) is 10.5. The van der Waals surface area contributed by atoms with Gasteiger partial charge < -0.3 is 5.32 Å². The van der Waals surface area contributed by atoms with E-state index in [0.717, 1.165) is 15.7 Å². The third-order valence-electron chi connectivity index (χ3n) is 2.04. The lowest BCUT2D eigenvalue weighted by Crippen LogP contribution is -2.27. The van der Waals surface area contributed by atoms with Crippen molar-refractivity contribution in [2.24, 2.45) is 5.92 Å². The molecule has 0 atom stereocenters. The van der Waals surface area contributed by atoms with E-state index < -0.39 is 0 Å². The Kier molecular flexibility index (Phi) is 4.57. The number of hydrogen-bond donors (Lipinski definition) is 1. The van der Waals surface area contributed by atoms with Crippen LogP contribution in [0, 0.1) is 16.4 Å². The second-order valence-corrected chi connectivity index (χ2v) is 5.25. The molecule has 0 heterocycles. The van der Waals surface area contributed by atoms with Gasteiger partial charge in [-0.05, 0) is 47.6 Å². The number of rotatable bonds is 3. The summed E-state index contributed by atoms with van der Waals surface area (Å²) in [6.07, 6.45) is 0. The fraction of sp³-hybridized carbons (Fsp3) is 0.417. The van der Waals surface area contributed by atoms with E-state index >= 15 is 0 Å². The summed E-state index contributed by atoms with van der Waals surface area (Å²) in [6.45, 7) is 6.92. The molecular formula is C12H16INO. The standard InChI is InChI=1S/C12H16INO/c1-8(2)7-14-12(15)10-5-4-9(3)6-11(10)13/h4-6,8H,7H2,1-3H3,(H,14,15). The predicted molar refractivity (Wildman–Crippen MR) is 71.1 cm³/mol. The van der Waals surface area contributed by atoms with Crippen LogP contribution in [0.5, 0.6) is 0 Å². The first-order valence-electron chi connectivity index (χ1n) is 5.05. The van der Waals surface area contributed by atoms with Crippen molar-refractivity contribution in [1.29, 1.82) is 0 Å². The predicted octanol–water partition coefficient (Wildman–Crippen LogP) is 2.99. The largest absolute Gasteiger partial charge is 0.352 e. The number of carbonyl (C=O) groups excluding carboxylic acids is 1. The van der Waals surface area contributed by atoms with Gasteiger partial charge >= 0.3 is 0 Å². The second kappa shape index (κ2) is 5.49. The summed E-state index contributed by atoms with van der Waals surface area (Å²) in [7, 11) is 0. The molecule has 0 aliphatic carbocycles. The Balaban J connectivity index is 2.74. The van der Waals surface area contributed by atoms with Crippen molar-refractivity contribution in [3.63, 3.8) is 0 Å². The SMILES string of the molecule is Cc1ccc(C(=O)NCC(C)C)c(I)c1. The molecule has 0 unspecified atom stereocenters. The Bertz CT molecular complexity index is 361. The minimum atomic E-state index is 0.0214. The molecule has 1 N–H and O–H groups in total. The summed E-state index contributed by atoms with van der Waals surface area (Å²) >= 11 is 2.20. The van der Waals surface area contributed by atoms with Crippen molar-refractivity contribution in [1.82, 2.24) is 5.32 Å². The van der Waals surface area contributed by atoms with Crippen LogP contribution in [0.3, 0.4) is 0 Å². The molecule has 1 rings (SSSR count).